The Hall–Kier alpha value is -1.85. The van der Waals surface area contributed by atoms with Gasteiger partial charge in [0.05, 0.1) is 11.6 Å². The van der Waals surface area contributed by atoms with Crippen molar-refractivity contribution in [1.82, 2.24) is 20.2 Å². The van der Waals surface area contributed by atoms with Crippen LogP contribution in [0.5, 0.6) is 0 Å². The van der Waals surface area contributed by atoms with Gasteiger partial charge in [-0.2, -0.15) is 15.1 Å². The van der Waals surface area contributed by atoms with E-state index in [4.69, 9.17) is 4.98 Å². The zero-order valence-corrected chi connectivity index (χ0v) is 12.9. The van der Waals surface area contributed by atoms with Gasteiger partial charge in [-0.3, -0.25) is 5.10 Å². The van der Waals surface area contributed by atoms with E-state index < -0.39 is 0 Å². The number of fused-ring (bicyclic) bond motifs is 1. The molecule has 2 aromatic heterocycles. The summed E-state index contributed by atoms with van der Waals surface area (Å²) in [5.74, 6) is 2.51. The Morgan fingerprint density at radius 3 is 2.86 bits per heavy atom. The van der Waals surface area contributed by atoms with E-state index in [9.17, 15) is 0 Å². The molecule has 0 aliphatic heterocycles. The maximum Gasteiger partial charge on any atom is 0.226 e. The van der Waals surface area contributed by atoms with E-state index in [1.165, 1.54) is 19.3 Å². The van der Waals surface area contributed by atoms with Gasteiger partial charge >= 0.3 is 0 Å². The van der Waals surface area contributed by atoms with Crippen LogP contribution in [-0.2, 0) is 0 Å². The number of nitrogens with one attached hydrogen (secondary N) is 2. The quantitative estimate of drug-likeness (QED) is 0.820. The first kappa shape index (κ1) is 14.1. The third-order valence-electron chi connectivity index (χ3n) is 4.21. The summed E-state index contributed by atoms with van der Waals surface area (Å²) in [6, 6.07) is 0. The predicted molar refractivity (Wildman–Crippen MR) is 85.7 cm³/mol. The fourth-order valence-corrected chi connectivity index (χ4v) is 2.73. The van der Waals surface area contributed by atoms with Crippen molar-refractivity contribution in [2.45, 2.75) is 39.5 Å². The Balaban J connectivity index is 1.91. The highest BCUT2D eigenvalue weighted by atomic mass is 15.3. The highest BCUT2D eigenvalue weighted by Crippen LogP contribution is 2.30. The van der Waals surface area contributed by atoms with Crippen LogP contribution in [-0.4, -0.2) is 39.8 Å². The summed E-state index contributed by atoms with van der Waals surface area (Å²) in [5.41, 5.74) is 0.811. The predicted octanol–water partition coefficient (Wildman–Crippen LogP) is 2.80. The monoisotopic (exact) mass is 288 g/mol. The summed E-state index contributed by atoms with van der Waals surface area (Å²) in [4.78, 5) is 11.6. The van der Waals surface area contributed by atoms with E-state index in [0.717, 1.165) is 48.8 Å². The normalized spacial score (nSPS) is 15.1. The lowest BCUT2D eigenvalue weighted by molar-refractivity contribution is 0.318. The third kappa shape index (κ3) is 2.94. The molecule has 1 aliphatic rings. The van der Waals surface area contributed by atoms with Gasteiger partial charge in [0, 0.05) is 19.6 Å². The SMILES string of the molecule is CCCNc1nc(N(CC)CC2CCC2)c2cn[nH]c2n1. The molecule has 0 radical (unpaired) electrons. The molecule has 3 rings (SSSR count). The first-order chi connectivity index (χ1) is 10.3. The second-order valence-electron chi connectivity index (χ2n) is 5.77. The number of hydrogen-bond acceptors (Lipinski definition) is 5. The first-order valence-corrected chi connectivity index (χ1v) is 8.01. The molecule has 0 atom stereocenters. The van der Waals surface area contributed by atoms with Crippen molar-refractivity contribution in [3.8, 4) is 0 Å². The van der Waals surface area contributed by atoms with Crippen molar-refractivity contribution >= 4 is 22.8 Å². The van der Waals surface area contributed by atoms with Crippen molar-refractivity contribution < 1.29 is 0 Å². The molecule has 0 bridgehead atoms. The third-order valence-corrected chi connectivity index (χ3v) is 4.21. The topological polar surface area (TPSA) is 69.7 Å². The molecule has 1 saturated carbocycles. The lowest BCUT2D eigenvalue weighted by atomic mass is 9.85. The van der Waals surface area contributed by atoms with E-state index in [1.807, 2.05) is 6.20 Å². The van der Waals surface area contributed by atoms with Crippen molar-refractivity contribution in [3.05, 3.63) is 6.20 Å². The zero-order chi connectivity index (χ0) is 14.7. The van der Waals surface area contributed by atoms with Crippen molar-refractivity contribution in [3.63, 3.8) is 0 Å². The van der Waals surface area contributed by atoms with Crippen LogP contribution in [0.4, 0.5) is 11.8 Å². The van der Waals surface area contributed by atoms with Gasteiger partial charge in [-0.05, 0) is 32.1 Å². The summed E-state index contributed by atoms with van der Waals surface area (Å²) in [6.45, 7) is 7.25. The van der Waals surface area contributed by atoms with Gasteiger partial charge < -0.3 is 10.2 Å². The highest BCUT2D eigenvalue weighted by molar-refractivity contribution is 5.87. The number of aromatic nitrogens is 4. The summed E-state index contributed by atoms with van der Waals surface area (Å²) in [7, 11) is 0. The molecule has 2 N–H and O–H groups in total. The molecule has 2 aromatic rings. The van der Waals surface area contributed by atoms with Crippen molar-refractivity contribution in [1.29, 1.82) is 0 Å². The number of anilines is 2. The molecule has 0 spiro atoms. The molecule has 0 saturated heterocycles. The number of hydrogen-bond donors (Lipinski definition) is 2. The molecule has 114 valence electrons. The van der Waals surface area contributed by atoms with Crippen LogP contribution < -0.4 is 10.2 Å². The maximum atomic E-state index is 4.74. The molecule has 0 unspecified atom stereocenters. The minimum Gasteiger partial charge on any atom is -0.356 e. The fourth-order valence-electron chi connectivity index (χ4n) is 2.73. The average Bonchev–Trinajstić information content (AvgIpc) is 2.92. The van der Waals surface area contributed by atoms with Gasteiger partial charge in [0.2, 0.25) is 5.95 Å². The Kier molecular flexibility index (Phi) is 4.22. The summed E-state index contributed by atoms with van der Waals surface area (Å²) < 4.78 is 0. The highest BCUT2D eigenvalue weighted by Gasteiger charge is 2.22. The zero-order valence-electron chi connectivity index (χ0n) is 12.9. The van der Waals surface area contributed by atoms with Crippen LogP contribution in [0.1, 0.15) is 39.5 Å². The second kappa shape index (κ2) is 6.28. The molecule has 0 amide bonds. The maximum absolute atomic E-state index is 4.74. The Morgan fingerprint density at radius 2 is 2.19 bits per heavy atom. The van der Waals surface area contributed by atoms with Crippen molar-refractivity contribution in [2.24, 2.45) is 5.92 Å². The first-order valence-electron chi connectivity index (χ1n) is 8.01. The van der Waals surface area contributed by atoms with Crippen LogP contribution >= 0.6 is 0 Å². The van der Waals surface area contributed by atoms with Crippen LogP contribution in [0.2, 0.25) is 0 Å². The second-order valence-corrected chi connectivity index (χ2v) is 5.77. The minimum absolute atomic E-state index is 0.690. The fraction of sp³-hybridized carbons (Fsp3) is 0.667. The van der Waals surface area contributed by atoms with Crippen LogP contribution in [0.25, 0.3) is 11.0 Å². The number of H-pyrrole nitrogens is 1. The lowest BCUT2D eigenvalue weighted by Gasteiger charge is -2.32. The van der Waals surface area contributed by atoms with Crippen LogP contribution in [0, 0.1) is 5.92 Å². The molecule has 6 heteroatoms. The summed E-state index contributed by atoms with van der Waals surface area (Å²) in [6.07, 6.45) is 6.95. The van der Waals surface area contributed by atoms with E-state index in [1.54, 1.807) is 0 Å². The molecular weight excluding hydrogens is 264 g/mol. The minimum atomic E-state index is 0.690. The van der Waals surface area contributed by atoms with E-state index in [0.29, 0.717) is 5.95 Å². The number of aromatic amines is 1. The number of rotatable bonds is 7. The molecule has 1 aliphatic carbocycles. The van der Waals surface area contributed by atoms with Crippen LogP contribution in [0.15, 0.2) is 6.20 Å². The average molecular weight is 288 g/mol. The molecular formula is C15H24N6. The van der Waals surface area contributed by atoms with Crippen LogP contribution in [0.3, 0.4) is 0 Å². The van der Waals surface area contributed by atoms with Gasteiger partial charge in [-0.1, -0.05) is 13.3 Å². The Morgan fingerprint density at radius 1 is 1.33 bits per heavy atom. The van der Waals surface area contributed by atoms with Gasteiger partial charge in [0.15, 0.2) is 5.65 Å². The molecule has 6 nitrogen and oxygen atoms in total. The van der Waals surface area contributed by atoms with E-state index in [2.05, 4.69) is 39.2 Å². The Bertz CT molecular complexity index is 589. The molecule has 21 heavy (non-hydrogen) atoms. The lowest BCUT2D eigenvalue weighted by Crippen LogP contribution is -2.33. The van der Waals surface area contributed by atoms with E-state index in [-0.39, 0.29) is 0 Å². The van der Waals surface area contributed by atoms with Gasteiger partial charge in [-0.25, -0.2) is 0 Å². The molecule has 1 fully saturated rings. The standard InChI is InChI=1S/C15H24N6/c1-3-8-16-15-18-13-12(9-17-20-13)14(19-15)21(4-2)10-11-6-5-7-11/h9,11H,3-8,10H2,1-2H3,(H2,16,17,18,19,20). The Labute approximate surface area is 125 Å². The van der Waals surface area contributed by atoms with Gasteiger partial charge in [0.25, 0.3) is 0 Å². The summed E-state index contributed by atoms with van der Waals surface area (Å²) >= 11 is 0. The molecule has 0 aromatic carbocycles. The van der Waals surface area contributed by atoms with Crippen molar-refractivity contribution in [2.75, 3.05) is 29.9 Å². The summed E-state index contributed by atoms with van der Waals surface area (Å²) in [5, 5.41) is 11.4. The van der Waals surface area contributed by atoms with E-state index >= 15 is 0 Å². The molecule has 2 heterocycles. The number of nitrogens with zero attached hydrogens (tertiary/aromatic N) is 4. The smallest absolute Gasteiger partial charge is 0.226 e. The van der Waals surface area contributed by atoms with Gasteiger partial charge in [-0.15, -0.1) is 0 Å². The largest absolute Gasteiger partial charge is 0.356 e. The van der Waals surface area contributed by atoms with Gasteiger partial charge in [0.1, 0.15) is 5.82 Å².